The Balaban J connectivity index is 1.91. The Kier molecular flexibility index (Phi) is 5.12. The summed E-state index contributed by atoms with van der Waals surface area (Å²) in [6.07, 6.45) is 0.833. The zero-order chi connectivity index (χ0) is 20.8. The number of halogens is 1. The summed E-state index contributed by atoms with van der Waals surface area (Å²) in [6.45, 7) is 1.91. The van der Waals surface area contributed by atoms with Crippen LogP contribution in [0, 0.1) is 0 Å². The number of Topliss-reactive ketones (excluding diaryl/α,β-unsaturated/α-hetero) is 1. The number of benzene rings is 3. The fourth-order valence-corrected chi connectivity index (χ4v) is 5.62. The van der Waals surface area contributed by atoms with Crippen LogP contribution in [0.25, 0.3) is 10.8 Å². The van der Waals surface area contributed by atoms with Crippen LogP contribution in [0.15, 0.2) is 57.9 Å². The quantitative estimate of drug-likeness (QED) is 0.547. The maximum Gasteiger partial charge on any atom is 0.264 e. The van der Waals surface area contributed by atoms with Crippen LogP contribution in [0.5, 0.6) is 5.75 Å². The van der Waals surface area contributed by atoms with Crippen molar-refractivity contribution in [3.63, 3.8) is 0 Å². The Labute approximate surface area is 178 Å². The summed E-state index contributed by atoms with van der Waals surface area (Å²) < 4.78 is 34.2. The number of hydrogen-bond acceptors (Lipinski definition) is 4. The minimum Gasteiger partial charge on any atom is -0.497 e. The lowest BCUT2D eigenvalue weighted by molar-refractivity contribution is -0.116. The fourth-order valence-electron chi connectivity index (χ4n) is 3.87. The molecule has 0 saturated carbocycles. The van der Waals surface area contributed by atoms with E-state index in [0.717, 1.165) is 26.4 Å². The van der Waals surface area contributed by atoms with E-state index in [1.807, 2.05) is 24.3 Å². The minimum atomic E-state index is -3.69. The topological polar surface area (TPSA) is 63.7 Å². The Hall–Kier alpha value is -2.38. The number of methoxy groups -OCH3 is 1. The monoisotopic (exact) mass is 473 g/mol. The van der Waals surface area contributed by atoms with Crippen molar-refractivity contribution < 1.29 is 17.9 Å². The molecule has 0 unspecified atom stereocenters. The summed E-state index contributed by atoms with van der Waals surface area (Å²) in [4.78, 5) is 12.2. The molecular formula is C22H20BrNO4S. The predicted molar refractivity (Wildman–Crippen MR) is 117 cm³/mol. The molecule has 1 heterocycles. The summed E-state index contributed by atoms with van der Waals surface area (Å²) >= 11 is 3.34. The molecule has 1 aliphatic rings. The van der Waals surface area contributed by atoms with E-state index in [9.17, 15) is 13.2 Å². The van der Waals surface area contributed by atoms with E-state index in [4.69, 9.17) is 4.74 Å². The van der Waals surface area contributed by atoms with Gasteiger partial charge in [-0.25, -0.2) is 8.42 Å². The van der Waals surface area contributed by atoms with Gasteiger partial charge in [0.25, 0.3) is 10.0 Å². The van der Waals surface area contributed by atoms with Crippen molar-refractivity contribution in [2.24, 2.45) is 0 Å². The highest BCUT2D eigenvalue weighted by atomic mass is 79.9. The molecule has 0 aromatic heterocycles. The number of sulfonamides is 1. The Bertz CT molecular complexity index is 1220. The maximum atomic E-state index is 13.3. The standard InChI is InChI=1S/C22H20BrNO4S/c1-14(25)11-21-19-9-10-24(29(26,27)18-7-4-16(23)5-8-18)22(19)12-15-3-6-17(28-2)13-20(15)21/h3-8,12-13H,9-11H2,1-2H3. The van der Waals surface area contributed by atoms with Crippen molar-refractivity contribution in [1.29, 1.82) is 0 Å². The van der Waals surface area contributed by atoms with Crippen molar-refractivity contribution in [2.75, 3.05) is 18.0 Å². The van der Waals surface area contributed by atoms with Gasteiger partial charge in [-0.2, -0.15) is 0 Å². The van der Waals surface area contributed by atoms with Crippen LogP contribution in [0.3, 0.4) is 0 Å². The van der Waals surface area contributed by atoms with E-state index < -0.39 is 10.0 Å². The molecule has 7 heteroatoms. The summed E-state index contributed by atoms with van der Waals surface area (Å²) in [5.41, 5.74) is 2.46. The van der Waals surface area contributed by atoms with Crippen LogP contribution < -0.4 is 9.04 Å². The van der Waals surface area contributed by atoms with Gasteiger partial charge in [0, 0.05) is 17.4 Å². The molecule has 3 aromatic carbocycles. The summed E-state index contributed by atoms with van der Waals surface area (Å²) in [7, 11) is -2.09. The Morgan fingerprint density at radius 2 is 1.86 bits per heavy atom. The number of ketones is 1. The smallest absolute Gasteiger partial charge is 0.264 e. The van der Waals surface area contributed by atoms with Gasteiger partial charge in [0.2, 0.25) is 0 Å². The molecule has 0 amide bonds. The van der Waals surface area contributed by atoms with Crippen molar-refractivity contribution in [1.82, 2.24) is 0 Å². The first-order valence-corrected chi connectivity index (χ1v) is 11.4. The molecule has 0 radical (unpaired) electrons. The highest BCUT2D eigenvalue weighted by molar-refractivity contribution is 9.10. The van der Waals surface area contributed by atoms with Gasteiger partial charge >= 0.3 is 0 Å². The third-order valence-corrected chi connectivity index (χ3v) is 7.57. The molecule has 1 aliphatic heterocycles. The van der Waals surface area contributed by atoms with E-state index in [-0.39, 0.29) is 17.1 Å². The molecule has 3 aromatic rings. The van der Waals surface area contributed by atoms with E-state index in [0.29, 0.717) is 24.4 Å². The van der Waals surface area contributed by atoms with Crippen LogP contribution in [0.2, 0.25) is 0 Å². The molecule has 0 atom stereocenters. The molecule has 5 nitrogen and oxygen atoms in total. The highest BCUT2D eigenvalue weighted by Crippen LogP contribution is 2.40. The van der Waals surface area contributed by atoms with Crippen LogP contribution >= 0.6 is 15.9 Å². The van der Waals surface area contributed by atoms with E-state index >= 15 is 0 Å². The molecule has 0 bridgehead atoms. The third-order valence-electron chi connectivity index (χ3n) is 5.21. The average Bonchev–Trinajstić information content (AvgIpc) is 3.12. The fraction of sp³-hybridized carbons (Fsp3) is 0.227. The van der Waals surface area contributed by atoms with E-state index in [2.05, 4.69) is 15.9 Å². The number of fused-ring (bicyclic) bond motifs is 2. The zero-order valence-electron chi connectivity index (χ0n) is 16.1. The minimum absolute atomic E-state index is 0.0386. The number of hydrogen-bond donors (Lipinski definition) is 0. The molecule has 29 heavy (non-hydrogen) atoms. The maximum absolute atomic E-state index is 13.3. The highest BCUT2D eigenvalue weighted by Gasteiger charge is 2.33. The normalized spacial score (nSPS) is 13.6. The van der Waals surface area contributed by atoms with Crippen molar-refractivity contribution >= 4 is 48.2 Å². The molecule has 150 valence electrons. The number of carbonyl (C=O) groups excluding carboxylic acids is 1. The Morgan fingerprint density at radius 3 is 2.52 bits per heavy atom. The number of carbonyl (C=O) groups is 1. The van der Waals surface area contributed by atoms with Gasteiger partial charge in [-0.05, 0) is 77.7 Å². The molecule has 0 saturated heterocycles. The lowest BCUT2D eigenvalue weighted by atomic mass is 9.93. The van der Waals surface area contributed by atoms with Crippen molar-refractivity contribution in [2.45, 2.75) is 24.7 Å². The van der Waals surface area contributed by atoms with E-state index in [1.54, 1.807) is 38.3 Å². The third kappa shape index (κ3) is 3.53. The second kappa shape index (κ2) is 7.46. The first-order chi connectivity index (χ1) is 13.8. The van der Waals surface area contributed by atoms with Crippen LogP contribution in [0.1, 0.15) is 18.1 Å². The second-order valence-electron chi connectivity index (χ2n) is 7.10. The van der Waals surface area contributed by atoms with Gasteiger partial charge in [-0.1, -0.05) is 22.0 Å². The number of rotatable bonds is 5. The van der Waals surface area contributed by atoms with Crippen LogP contribution in [0.4, 0.5) is 5.69 Å². The molecule has 0 spiro atoms. The lowest BCUT2D eigenvalue weighted by Crippen LogP contribution is -2.29. The molecule has 4 rings (SSSR count). The van der Waals surface area contributed by atoms with Gasteiger partial charge in [-0.3, -0.25) is 9.10 Å². The summed E-state index contributed by atoms with van der Waals surface area (Å²) in [6, 6.07) is 14.2. The predicted octanol–water partition coefficient (Wildman–Crippen LogP) is 4.49. The van der Waals surface area contributed by atoms with E-state index in [1.165, 1.54) is 4.31 Å². The van der Waals surface area contributed by atoms with Gasteiger partial charge in [0.15, 0.2) is 0 Å². The molecule has 0 fully saturated rings. The van der Waals surface area contributed by atoms with Gasteiger partial charge < -0.3 is 4.74 Å². The lowest BCUT2D eigenvalue weighted by Gasteiger charge is -2.21. The SMILES string of the molecule is COc1ccc2cc3c(c(CC(C)=O)c2c1)CCN3S(=O)(=O)c1ccc(Br)cc1. The van der Waals surface area contributed by atoms with Gasteiger partial charge in [-0.15, -0.1) is 0 Å². The van der Waals surface area contributed by atoms with Crippen LogP contribution in [-0.4, -0.2) is 27.9 Å². The van der Waals surface area contributed by atoms with Gasteiger partial charge in [0.05, 0.1) is 17.7 Å². The largest absolute Gasteiger partial charge is 0.497 e. The molecule has 0 N–H and O–H groups in total. The molecular weight excluding hydrogens is 454 g/mol. The van der Waals surface area contributed by atoms with Gasteiger partial charge in [0.1, 0.15) is 11.5 Å². The number of ether oxygens (including phenoxy) is 1. The summed E-state index contributed by atoms with van der Waals surface area (Å²) in [5.74, 6) is 0.747. The van der Waals surface area contributed by atoms with Crippen molar-refractivity contribution in [3.05, 3.63) is 64.1 Å². The van der Waals surface area contributed by atoms with Crippen molar-refractivity contribution in [3.8, 4) is 5.75 Å². The summed E-state index contributed by atoms with van der Waals surface area (Å²) in [5, 5.41) is 1.82. The van der Waals surface area contributed by atoms with Crippen LogP contribution in [-0.2, 0) is 27.7 Å². The second-order valence-corrected chi connectivity index (χ2v) is 9.88. The number of nitrogens with zero attached hydrogens (tertiary/aromatic N) is 1. The first-order valence-electron chi connectivity index (χ1n) is 9.21. The zero-order valence-corrected chi connectivity index (χ0v) is 18.5. The first kappa shape index (κ1) is 19.9. The molecule has 0 aliphatic carbocycles. The average molecular weight is 474 g/mol. The number of anilines is 1. The Morgan fingerprint density at radius 1 is 1.14 bits per heavy atom.